The summed E-state index contributed by atoms with van der Waals surface area (Å²) in [5.41, 5.74) is 11.6. The van der Waals surface area contributed by atoms with Crippen molar-refractivity contribution in [3.8, 4) is 11.5 Å². The molecule has 1 aromatic rings. The molecule has 0 aromatic heterocycles. The Morgan fingerprint density at radius 2 is 1.94 bits per heavy atom. The number of aliphatic imine (C=N–C) groups is 1. The van der Waals surface area contributed by atoms with E-state index in [1.807, 2.05) is 18.2 Å². The molecule has 0 bridgehead atoms. The lowest BCUT2D eigenvalue weighted by molar-refractivity contribution is 0.171. The molecule has 4 N–H and O–H groups in total. The van der Waals surface area contributed by atoms with Gasteiger partial charge in [0, 0.05) is 6.54 Å². The van der Waals surface area contributed by atoms with Crippen LogP contribution in [0.15, 0.2) is 23.2 Å². The van der Waals surface area contributed by atoms with Crippen LogP contribution in [0.5, 0.6) is 11.5 Å². The SMILES string of the molecule is NC(N)=NCCc1ccc2c(c1)OCCO2. The highest BCUT2D eigenvalue weighted by atomic mass is 16.6. The van der Waals surface area contributed by atoms with Gasteiger partial charge in [-0.2, -0.15) is 0 Å². The summed E-state index contributed by atoms with van der Waals surface area (Å²) < 4.78 is 10.9. The number of guanidine groups is 1. The Labute approximate surface area is 94.1 Å². The summed E-state index contributed by atoms with van der Waals surface area (Å²) in [4.78, 5) is 3.93. The lowest BCUT2D eigenvalue weighted by Crippen LogP contribution is -2.23. The average molecular weight is 221 g/mol. The summed E-state index contributed by atoms with van der Waals surface area (Å²) >= 11 is 0. The van der Waals surface area contributed by atoms with E-state index in [2.05, 4.69) is 4.99 Å². The molecule has 86 valence electrons. The normalized spacial score (nSPS) is 13.2. The Kier molecular flexibility index (Phi) is 3.14. The summed E-state index contributed by atoms with van der Waals surface area (Å²) in [6.07, 6.45) is 0.786. The molecular formula is C11H15N3O2. The van der Waals surface area contributed by atoms with Crippen LogP contribution in [0.25, 0.3) is 0 Å². The van der Waals surface area contributed by atoms with E-state index in [9.17, 15) is 0 Å². The van der Waals surface area contributed by atoms with E-state index < -0.39 is 0 Å². The van der Waals surface area contributed by atoms with Crippen LogP contribution in [-0.4, -0.2) is 25.7 Å². The maximum absolute atomic E-state index is 5.48. The molecule has 0 unspecified atom stereocenters. The predicted octanol–water partition coefficient (Wildman–Crippen LogP) is 0.274. The second-order valence-electron chi connectivity index (χ2n) is 3.53. The summed E-state index contributed by atoms with van der Waals surface area (Å²) in [7, 11) is 0. The van der Waals surface area contributed by atoms with Gasteiger partial charge in [-0.25, -0.2) is 0 Å². The molecule has 0 atom stereocenters. The van der Waals surface area contributed by atoms with Crippen molar-refractivity contribution in [1.29, 1.82) is 0 Å². The van der Waals surface area contributed by atoms with Gasteiger partial charge >= 0.3 is 0 Å². The zero-order valence-electron chi connectivity index (χ0n) is 8.98. The van der Waals surface area contributed by atoms with Crippen LogP contribution in [0, 0.1) is 0 Å². The largest absolute Gasteiger partial charge is 0.486 e. The molecule has 5 heteroatoms. The minimum Gasteiger partial charge on any atom is -0.486 e. The fraction of sp³-hybridized carbons (Fsp3) is 0.364. The zero-order valence-corrected chi connectivity index (χ0v) is 8.98. The van der Waals surface area contributed by atoms with E-state index in [0.29, 0.717) is 19.8 Å². The standard InChI is InChI=1S/C11H15N3O2/c12-11(13)14-4-3-8-1-2-9-10(7-8)16-6-5-15-9/h1-2,7H,3-6H2,(H4,12,13,14). The summed E-state index contributed by atoms with van der Waals surface area (Å²) in [6, 6.07) is 5.88. The van der Waals surface area contributed by atoms with Crippen molar-refractivity contribution >= 4 is 5.96 Å². The van der Waals surface area contributed by atoms with Crippen molar-refractivity contribution < 1.29 is 9.47 Å². The Morgan fingerprint density at radius 3 is 2.69 bits per heavy atom. The van der Waals surface area contributed by atoms with Crippen LogP contribution in [-0.2, 0) is 6.42 Å². The minimum absolute atomic E-state index is 0.123. The van der Waals surface area contributed by atoms with Crippen LogP contribution < -0.4 is 20.9 Å². The Bertz CT molecular complexity index is 400. The molecule has 1 heterocycles. The number of nitrogens with zero attached hydrogens (tertiary/aromatic N) is 1. The molecule has 0 saturated carbocycles. The molecule has 1 aliphatic rings. The molecule has 0 saturated heterocycles. The third-order valence-electron chi connectivity index (χ3n) is 2.30. The number of hydrogen-bond acceptors (Lipinski definition) is 3. The van der Waals surface area contributed by atoms with Gasteiger partial charge in [-0.05, 0) is 24.1 Å². The van der Waals surface area contributed by atoms with Gasteiger partial charge in [-0.15, -0.1) is 0 Å². The molecule has 2 rings (SSSR count). The molecule has 0 aliphatic carbocycles. The quantitative estimate of drug-likeness (QED) is 0.567. The topological polar surface area (TPSA) is 82.9 Å². The first kappa shape index (κ1) is 10.6. The number of fused-ring (bicyclic) bond motifs is 1. The van der Waals surface area contributed by atoms with Gasteiger partial charge in [0.25, 0.3) is 0 Å². The zero-order chi connectivity index (χ0) is 11.4. The van der Waals surface area contributed by atoms with Crippen LogP contribution in [0.4, 0.5) is 0 Å². The highest BCUT2D eigenvalue weighted by Crippen LogP contribution is 2.30. The fourth-order valence-corrected chi connectivity index (χ4v) is 1.56. The van der Waals surface area contributed by atoms with Gasteiger partial charge in [0.2, 0.25) is 0 Å². The van der Waals surface area contributed by atoms with Crippen molar-refractivity contribution in [2.75, 3.05) is 19.8 Å². The summed E-state index contributed by atoms with van der Waals surface area (Å²) in [6.45, 7) is 1.80. The van der Waals surface area contributed by atoms with E-state index >= 15 is 0 Å². The smallest absolute Gasteiger partial charge is 0.185 e. The molecular weight excluding hydrogens is 206 g/mol. The van der Waals surface area contributed by atoms with E-state index in [-0.39, 0.29) is 5.96 Å². The third-order valence-corrected chi connectivity index (χ3v) is 2.30. The molecule has 0 radical (unpaired) electrons. The number of ether oxygens (including phenoxy) is 2. The van der Waals surface area contributed by atoms with Crippen LogP contribution in [0.1, 0.15) is 5.56 Å². The van der Waals surface area contributed by atoms with Gasteiger partial charge < -0.3 is 20.9 Å². The van der Waals surface area contributed by atoms with E-state index in [0.717, 1.165) is 23.5 Å². The second-order valence-corrected chi connectivity index (χ2v) is 3.53. The van der Waals surface area contributed by atoms with Crippen molar-refractivity contribution in [2.45, 2.75) is 6.42 Å². The number of hydrogen-bond donors (Lipinski definition) is 2. The number of nitrogens with two attached hydrogens (primary N) is 2. The van der Waals surface area contributed by atoms with Crippen LogP contribution >= 0.6 is 0 Å². The van der Waals surface area contributed by atoms with Crippen LogP contribution in [0.2, 0.25) is 0 Å². The molecule has 0 spiro atoms. The second kappa shape index (κ2) is 4.74. The molecule has 0 fully saturated rings. The lowest BCUT2D eigenvalue weighted by atomic mass is 10.1. The summed E-state index contributed by atoms with van der Waals surface area (Å²) in [5.74, 6) is 1.72. The van der Waals surface area contributed by atoms with Gasteiger partial charge in [0.1, 0.15) is 13.2 Å². The van der Waals surface area contributed by atoms with Gasteiger partial charge in [-0.3, -0.25) is 4.99 Å². The first-order valence-electron chi connectivity index (χ1n) is 5.19. The number of rotatable bonds is 3. The highest BCUT2D eigenvalue weighted by Gasteiger charge is 2.11. The first-order valence-corrected chi connectivity index (χ1v) is 5.19. The van der Waals surface area contributed by atoms with E-state index in [4.69, 9.17) is 20.9 Å². The molecule has 16 heavy (non-hydrogen) atoms. The first-order chi connectivity index (χ1) is 7.75. The molecule has 1 aromatic carbocycles. The minimum atomic E-state index is 0.123. The van der Waals surface area contributed by atoms with Crippen LogP contribution in [0.3, 0.4) is 0 Å². The van der Waals surface area contributed by atoms with Gasteiger partial charge in [0.15, 0.2) is 17.5 Å². The summed E-state index contributed by atoms with van der Waals surface area (Å²) in [5, 5.41) is 0. The maximum Gasteiger partial charge on any atom is 0.185 e. The van der Waals surface area contributed by atoms with Gasteiger partial charge in [-0.1, -0.05) is 6.07 Å². The van der Waals surface area contributed by atoms with Crippen molar-refractivity contribution in [3.63, 3.8) is 0 Å². The predicted molar refractivity (Wildman–Crippen MR) is 61.8 cm³/mol. The Hall–Kier alpha value is -1.91. The third kappa shape index (κ3) is 2.56. The molecule has 5 nitrogen and oxygen atoms in total. The monoisotopic (exact) mass is 221 g/mol. The molecule has 0 amide bonds. The molecule has 1 aliphatic heterocycles. The van der Waals surface area contributed by atoms with E-state index in [1.54, 1.807) is 0 Å². The van der Waals surface area contributed by atoms with Crippen molar-refractivity contribution in [3.05, 3.63) is 23.8 Å². The fourth-order valence-electron chi connectivity index (χ4n) is 1.56. The average Bonchev–Trinajstić information content (AvgIpc) is 2.28. The maximum atomic E-state index is 5.48. The Morgan fingerprint density at radius 1 is 1.19 bits per heavy atom. The van der Waals surface area contributed by atoms with E-state index in [1.165, 1.54) is 0 Å². The lowest BCUT2D eigenvalue weighted by Gasteiger charge is -2.18. The highest BCUT2D eigenvalue weighted by molar-refractivity contribution is 5.75. The van der Waals surface area contributed by atoms with Gasteiger partial charge in [0.05, 0.1) is 0 Å². The Balaban J connectivity index is 2.03. The van der Waals surface area contributed by atoms with Crippen molar-refractivity contribution in [1.82, 2.24) is 0 Å². The number of benzene rings is 1. The van der Waals surface area contributed by atoms with Crippen molar-refractivity contribution in [2.24, 2.45) is 16.5 Å².